The Morgan fingerprint density at radius 1 is 1.38 bits per heavy atom. The van der Waals surface area contributed by atoms with Gasteiger partial charge in [0.25, 0.3) is 0 Å². The van der Waals surface area contributed by atoms with E-state index in [-0.39, 0.29) is 0 Å². The van der Waals surface area contributed by atoms with Crippen LogP contribution in [0.3, 0.4) is 0 Å². The minimum Gasteiger partial charge on any atom is -0.384 e. The molecule has 0 radical (unpaired) electrons. The second-order valence-electron chi connectivity index (χ2n) is 2.21. The zero-order valence-corrected chi connectivity index (χ0v) is 8.18. The summed E-state index contributed by atoms with van der Waals surface area (Å²) in [6.07, 6.45) is 0. The molecule has 2 rings (SSSR count). The predicted octanol–water partition coefficient (Wildman–Crippen LogP) is 1.67. The van der Waals surface area contributed by atoms with Gasteiger partial charge in [0.15, 0.2) is 4.34 Å². The Morgan fingerprint density at radius 2 is 2.31 bits per heavy atom. The number of nitrogens with two attached hydrogens (primary N) is 1. The van der Waals surface area contributed by atoms with E-state index in [4.69, 9.17) is 5.73 Å². The molecule has 13 heavy (non-hydrogen) atoms. The smallest absolute Gasteiger partial charge is 0.180 e. The topological polar surface area (TPSA) is 64.7 Å². The number of hydrogen-bond acceptors (Lipinski definition) is 6. The average Bonchev–Trinajstić information content (AvgIpc) is 2.57. The van der Waals surface area contributed by atoms with Crippen LogP contribution in [0.2, 0.25) is 0 Å². The van der Waals surface area contributed by atoms with Crippen LogP contribution in [0.15, 0.2) is 33.1 Å². The Bertz CT molecular complexity index is 387. The highest BCUT2D eigenvalue weighted by Crippen LogP contribution is 2.26. The average molecular weight is 210 g/mol. The SMILES string of the molecule is Nc1cccc(Sc2nncs2)n1. The second-order valence-corrected chi connectivity index (χ2v) is 4.31. The first-order chi connectivity index (χ1) is 6.34. The van der Waals surface area contributed by atoms with E-state index in [1.165, 1.54) is 23.1 Å². The minimum atomic E-state index is 0.523. The van der Waals surface area contributed by atoms with Gasteiger partial charge in [-0.2, -0.15) is 0 Å². The quantitative estimate of drug-likeness (QED) is 0.816. The molecule has 0 spiro atoms. The van der Waals surface area contributed by atoms with Crippen LogP contribution in [0.5, 0.6) is 0 Å². The molecule has 0 bridgehead atoms. The van der Waals surface area contributed by atoms with Crippen LogP contribution < -0.4 is 5.73 Å². The first-order valence-corrected chi connectivity index (χ1v) is 5.21. The summed E-state index contributed by atoms with van der Waals surface area (Å²) in [7, 11) is 0. The summed E-state index contributed by atoms with van der Waals surface area (Å²) in [6.45, 7) is 0. The van der Waals surface area contributed by atoms with E-state index in [0.717, 1.165) is 9.37 Å². The van der Waals surface area contributed by atoms with Crippen molar-refractivity contribution in [2.24, 2.45) is 0 Å². The fourth-order valence-corrected chi connectivity index (χ4v) is 2.21. The Labute approximate surface area is 83.2 Å². The van der Waals surface area contributed by atoms with Crippen molar-refractivity contribution in [2.75, 3.05) is 5.73 Å². The van der Waals surface area contributed by atoms with Crippen LogP contribution in [0.1, 0.15) is 0 Å². The monoisotopic (exact) mass is 210 g/mol. The van der Waals surface area contributed by atoms with Gasteiger partial charge in [-0.15, -0.1) is 10.2 Å². The number of rotatable bonds is 2. The maximum Gasteiger partial charge on any atom is 0.180 e. The number of hydrogen-bond donors (Lipinski definition) is 1. The molecule has 0 saturated carbocycles. The molecule has 66 valence electrons. The fourth-order valence-electron chi connectivity index (χ4n) is 0.784. The van der Waals surface area contributed by atoms with Gasteiger partial charge in [-0.25, -0.2) is 4.98 Å². The third kappa shape index (κ3) is 2.16. The van der Waals surface area contributed by atoms with Gasteiger partial charge in [-0.3, -0.25) is 0 Å². The molecule has 0 aliphatic carbocycles. The van der Waals surface area contributed by atoms with Crippen molar-refractivity contribution in [2.45, 2.75) is 9.37 Å². The lowest BCUT2D eigenvalue weighted by molar-refractivity contribution is 1.01. The molecular formula is C7H6N4S2. The highest BCUT2D eigenvalue weighted by Gasteiger charge is 2.01. The van der Waals surface area contributed by atoms with Crippen molar-refractivity contribution in [1.82, 2.24) is 15.2 Å². The van der Waals surface area contributed by atoms with Crippen LogP contribution in [-0.4, -0.2) is 15.2 Å². The van der Waals surface area contributed by atoms with Gasteiger partial charge < -0.3 is 5.73 Å². The molecule has 0 atom stereocenters. The van der Waals surface area contributed by atoms with E-state index in [1.807, 2.05) is 12.1 Å². The van der Waals surface area contributed by atoms with Crippen molar-refractivity contribution < 1.29 is 0 Å². The van der Waals surface area contributed by atoms with Gasteiger partial charge in [0.05, 0.1) is 0 Å². The van der Waals surface area contributed by atoms with Gasteiger partial charge >= 0.3 is 0 Å². The van der Waals surface area contributed by atoms with Crippen LogP contribution in [-0.2, 0) is 0 Å². The van der Waals surface area contributed by atoms with Gasteiger partial charge in [0.1, 0.15) is 16.4 Å². The van der Waals surface area contributed by atoms with Crippen molar-refractivity contribution in [1.29, 1.82) is 0 Å². The van der Waals surface area contributed by atoms with E-state index in [9.17, 15) is 0 Å². The number of nitrogens with zero attached hydrogens (tertiary/aromatic N) is 3. The van der Waals surface area contributed by atoms with E-state index >= 15 is 0 Å². The van der Waals surface area contributed by atoms with E-state index in [1.54, 1.807) is 11.6 Å². The molecule has 2 aromatic rings. The third-order valence-electron chi connectivity index (χ3n) is 1.28. The lowest BCUT2D eigenvalue weighted by Crippen LogP contribution is -1.89. The maximum absolute atomic E-state index is 5.53. The summed E-state index contributed by atoms with van der Waals surface area (Å²) < 4.78 is 0.873. The normalized spacial score (nSPS) is 10.2. The van der Waals surface area contributed by atoms with Crippen molar-refractivity contribution in [3.05, 3.63) is 23.7 Å². The van der Waals surface area contributed by atoms with Crippen molar-refractivity contribution in [3.8, 4) is 0 Å². The summed E-state index contributed by atoms with van der Waals surface area (Å²) in [5.74, 6) is 0.523. The van der Waals surface area contributed by atoms with Gasteiger partial charge in [-0.05, 0) is 23.9 Å². The van der Waals surface area contributed by atoms with Crippen molar-refractivity contribution >= 4 is 28.9 Å². The summed E-state index contributed by atoms with van der Waals surface area (Å²) in [5.41, 5.74) is 7.22. The maximum atomic E-state index is 5.53. The van der Waals surface area contributed by atoms with Gasteiger partial charge in [0, 0.05) is 0 Å². The molecule has 0 aliphatic rings. The molecular weight excluding hydrogens is 204 g/mol. The molecule has 0 aromatic carbocycles. The molecule has 0 amide bonds. The molecule has 0 fully saturated rings. The zero-order valence-electron chi connectivity index (χ0n) is 6.54. The predicted molar refractivity (Wildman–Crippen MR) is 52.7 cm³/mol. The largest absolute Gasteiger partial charge is 0.384 e. The molecule has 0 unspecified atom stereocenters. The molecule has 4 nitrogen and oxygen atoms in total. The standard InChI is InChI=1S/C7H6N4S2/c8-5-2-1-3-6(10-5)13-7-11-9-4-12-7/h1-4H,(H2,8,10). The molecule has 0 aliphatic heterocycles. The first kappa shape index (κ1) is 8.46. The minimum absolute atomic E-state index is 0.523. The Balaban J connectivity index is 2.19. The Morgan fingerprint density at radius 3 is 3.00 bits per heavy atom. The third-order valence-corrected chi connectivity index (χ3v) is 2.99. The molecule has 6 heteroatoms. The Hall–Kier alpha value is -1.14. The number of anilines is 1. The first-order valence-electron chi connectivity index (χ1n) is 3.51. The zero-order chi connectivity index (χ0) is 9.10. The lowest BCUT2D eigenvalue weighted by Gasteiger charge is -1.96. The summed E-state index contributed by atoms with van der Waals surface area (Å²) >= 11 is 2.95. The van der Waals surface area contributed by atoms with Crippen molar-refractivity contribution in [3.63, 3.8) is 0 Å². The molecule has 2 aromatic heterocycles. The van der Waals surface area contributed by atoms with Crippen LogP contribution in [0.4, 0.5) is 5.82 Å². The van der Waals surface area contributed by atoms with Gasteiger partial charge in [0.2, 0.25) is 0 Å². The summed E-state index contributed by atoms with van der Waals surface area (Å²) in [6, 6.07) is 5.51. The highest BCUT2D eigenvalue weighted by atomic mass is 32.2. The van der Waals surface area contributed by atoms with Crippen LogP contribution >= 0.6 is 23.1 Å². The molecule has 2 N–H and O–H groups in total. The number of pyridine rings is 1. The van der Waals surface area contributed by atoms with E-state index in [0.29, 0.717) is 5.82 Å². The molecule has 0 saturated heterocycles. The highest BCUT2D eigenvalue weighted by molar-refractivity contribution is 8.00. The number of aromatic nitrogens is 3. The Kier molecular flexibility index (Phi) is 2.42. The second kappa shape index (κ2) is 3.71. The van der Waals surface area contributed by atoms with Gasteiger partial charge in [-0.1, -0.05) is 17.4 Å². The van der Waals surface area contributed by atoms with Crippen LogP contribution in [0, 0.1) is 0 Å². The number of nitrogen functional groups attached to an aromatic ring is 1. The fraction of sp³-hybridized carbons (Fsp3) is 0. The van der Waals surface area contributed by atoms with E-state index < -0.39 is 0 Å². The lowest BCUT2D eigenvalue weighted by atomic mass is 10.5. The summed E-state index contributed by atoms with van der Waals surface area (Å²) in [4.78, 5) is 4.13. The molecule has 2 heterocycles. The summed E-state index contributed by atoms with van der Waals surface area (Å²) in [5, 5.41) is 8.47. The van der Waals surface area contributed by atoms with E-state index in [2.05, 4.69) is 15.2 Å². The van der Waals surface area contributed by atoms with Crippen LogP contribution in [0.25, 0.3) is 0 Å².